The fourth-order valence-corrected chi connectivity index (χ4v) is 4.66. The zero-order valence-electron chi connectivity index (χ0n) is 5.77. The average molecular weight is 145 g/mol. The maximum atomic E-state index is 9.00. The summed E-state index contributed by atoms with van der Waals surface area (Å²) in [4.78, 5) is 0. The van der Waals surface area contributed by atoms with E-state index in [1.807, 2.05) is 0 Å². The summed E-state index contributed by atoms with van der Waals surface area (Å²) in [5, 5.41) is 9.00. The predicted octanol–water partition coefficient (Wildman–Crippen LogP) is 0.258. The number of hydrogen-bond acceptors (Lipinski definition) is 2. The van der Waals surface area contributed by atoms with Crippen LogP contribution < -0.4 is 5.73 Å². The van der Waals surface area contributed by atoms with Crippen molar-refractivity contribution in [3.8, 4) is 0 Å². The summed E-state index contributed by atoms with van der Waals surface area (Å²) in [5.74, 6) is 0. The van der Waals surface area contributed by atoms with Crippen molar-refractivity contribution in [1.82, 2.24) is 0 Å². The van der Waals surface area contributed by atoms with Gasteiger partial charge in [0.15, 0.2) is 0 Å². The van der Waals surface area contributed by atoms with Crippen molar-refractivity contribution in [3.05, 3.63) is 0 Å². The predicted molar refractivity (Wildman–Crippen MR) is 40.7 cm³/mol. The number of nitrogens with two attached hydrogens (primary N) is 1. The summed E-state index contributed by atoms with van der Waals surface area (Å²) in [5.41, 5.74) is 5.58. The van der Waals surface area contributed by atoms with Crippen molar-refractivity contribution < 1.29 is 5.11 Å². The molecule has 0 aromatic heterocycles. The van der Waals surface area contributed by atoms with Crippen LogP contribution in [-0.4, -0.2) is 25.6 Å². The summed E-state index contributed by atoms with van der Waals surface area (Å²) in [6.07, 6.45) is 3.83. The highest BCUT2D eigenvalue weighted by molar-refractivity contribution is 6.80. The van der Waals surface area contributed by atoms with Crippen molar-refractivity contribution in [2.75, 3.05) is 12.4 Å². The Hall–Kier alpha value is 0.137. The van der Waals surface area contributed by atoms with E-state index < -0.39 is 8.07 Å². The lowest BCUT2D eigenvalue weighted by Crippen LogP contribution is -2.44. The average Bonchev–Trinajstić information content (AvgIpc) is 2.36. The first-order valence-corrected chi connectivity index (χ1v) is 6.47. The Morgan fingerprint density at radius 2 is 1.89 bits per heavy atom. The molecule has 0 bridgehead atoms. The molecule has 1 heterocycles. The Morgan fingerprint density at radius 3 is 2.11 bits per heavy atom. The van der Waals surface area contributed by atoms with Crippen LogP contribution in [0.5, 0.6) is 0 Å². The fourth-order valence-electron chi connectivity index (χ4n) is 1.55. The Balaban J connectivity index is 2.45. The second kappa shape index (κ2) is 2.81. The SMILES string of the molecule is NC[Si]1(CO)CCCC1. The molecule has 0 saturated carbocycles. The van der Waals surface area contributed by atoms with Crippen LogP contribution in [0.25, 0.3) is 0 Å². The first kappa shape index (κ1) is 7.25. The van der Waals surface area contributed by atoms with Gasteiger partial charge in [-0.05, 0) is 6.17 Å². The molecule has 0 radical (unpaired) electrons. The molecule has 1 aliphatic rings. The van der Waals surface area contributed by atoms with Crippen LogP contribution in [0.3, 0.4) is 0 Å². The van der Waals surface area contributed by atoms with Gasteiger partial charge in [0.25, 0.3) is 0 Å². The monoisotopic (exact) mass is 145 g/mol. The van der Waals surface area contributed by atoms with E-state index in [1.165, 1.54) is 24.9 Å². The molecule has 0 aromatic rings. The largest absolute Gasteiger partial charge is 0.400 e. The van der Waals surface area contributed by atoms with E-state index in [0.29, 0.717) is 6.23 Å². The highest BCUT2D eigenvalue weighted by Crippen LogP contribution is 2.28. The maximum Gasteiger partial charge on any atom is 0.0973 e. The third-order valence-electron chi connectivity index (χ3n) is 2.43. The van der Waals surface area contributed by atoms with Gasteiger partial charge in [-0.25, -0.2) is 0 Å². The molecule has 0 atom stereocenters. The summed E-state index contributed by atoms with van der Waals surface area (Å²) < 4.78 is 0. The third-order valence-corrected chi connectivity index (χ3v) is 6.80. The lowest BCUT2D eigenvalue weighted by molar-refractivity contribution is 0.356. The van der Waals surface area contributed by atoms with Crippen molar-refractivity contribution in [3.63, 3.8) is 0 Å². The molecule has 0 amide bonds. The molecular weight excluding hydrogens is 130 g/mol. The van der Waals surface area contributed by atoms with Gasteiger partial charge in [-0.15, -0.1) is 0 Å². The molecule has 1 fully saturated rings. The molecule has 3 N–H and O–H groups in total. The lowest BCUT2D eigenvalue weighted by atomic mass is 10.4. The second-order valence-corrected chi connectivity index (χ2v) is 7.79. The van der Waals surface area contributed by atoms with Gasteiger partial charge in [0, 0.05) is 6.23 Å². The fraction of sp³-hybridized carbons (Fsp3) is 1.00. The van der Waals surface area contributed by atoms with E-state index in [2.05, 4.69) is 0 Å². The Morgan fingerprint density at radius 1 is 1.33 bits per heavy atom. The highest BCUT2D eigenvalue weighted by Gasteiger charge is 2.33. The smallest absolute Gasteiger partial charge is 0.0973 e. The first-order valence-electron chi connectivity index (χ1n) is 3.64. The first-order chi connectivity index (χ1) is 4.33. The maximum absolute atomic E-state index is 9.00. The molecule has 1 saturated heterocycles. The number of hydrogen-bond donors (Lipinski definition) is 2. The van der Waals surface area contributed by atoms with Crippen molar-refractivity contribution in [2.24, 2.45) is 5.73 Å². The minimum atomic E-state index is -1.25. The summed E-state index contributed by atoms with van der Waals surface area (Å²) in [6, 6.07) is 2.53. The second-order valence-electron chi connectivity index (χ2n) is 3.07. The molecule has 9 heavy (non-hydrogen) atoms. The lowest BCUT2D eigenvalue weighted by Gasteiger charge is -2.20. The van der Waals surface area contributed by atoms with E-state index in [4.69, 9.17) is 10.8 Å². The van der Waals surface area contributed by atoms with Crippen LogP contribution in [0.4, 0.5) is 0 Å². The minimum absolute atomic E-state index is 0.420. The molecule has 1 rings (SSSR count). The van der Waals surface area contributed by atoms with E-state index >= 15 is 0 Å². The van der Waals surface area contributed by atoms with Crippen LogP contribution in [0.2, 0.25) is 12.1 Å². The summed E-state index contributed by atoms with van der Waals surface area (Å²) in [7, 11) is -1.25. The van der Waals surface area contributed by atoms with Crippen LogP contribution in [0, 0.1) is 0 Å². The molecular formula is C6H15NOSi. The molecule has 3 heteroatoms. The Kier molecular flexibility index (Phi) is 2.27. The standard InChI is InChI=1S/C6H15NOSi/c7-5-9(6-8)3-1-2-4-9/h8H,1-7H2. The van der Waals surface area contributed by atoms with Gasteiger partial charge in [-0.3, -0.25) is 0 Å². The normalized spacial score (nSPS) is 24.7. The Bertz CT molecular complexity index is 85.1. The number of aliphatic hydroxyl groups excluding tert-OH is 1. The van der Waals surface area contributed by atoms with Crippen molar-refractivity contribution in [1.29, 1.82) is 0 Å². The van der Waals surface area contributed by atoms with Gasteiger partial charge < -0.3 is 10.8 Å². The molecule has 2 nitrogen and oxygen atoms in total. The summed E-state index contributed by atoms with van der Waals surface area (Å²) in [6.45, 7) is 0. The van der Waals surface area contributed by atoms with E-state index in [-0.39, 0.29) is 0 Å². The summed E-state index contributed by atoms with van der Waals surface area (Å²) >= 11 is 0. The Labute approximate surface area is 57.1 Å². The molecule has 1 aliphatic heterocycles. The number of aliphatic hydroxyl groups is 1. The van der Waals surface area contributed by atoms with Crippen LogP contribution in [-0.2, 0) is 0 Å². The molecule has 54 valence electrons. The minimum Gasteiger partial charge on any atom is -0.400 e. The van der Waals surface area contributed by atoms with E-state index in [1.54, 1.807) is 0 Å². The van der Waals surface area contributed by atoms with E-state index in [0.717, 1.165) is 6.17 Å². The van der Waals surface area contributed by atoms with Gasteiger partial charge in [-0.2, -0.15) is 0 Å². The quantitative estimate of drug-likeness (QED) is 0.547. The van der Waals surface area contributed by atoms with Gasteiger partial charge >= 0.3 is 0 Å². The zero-order valence-corrected chi connectivity index (χ0v) is 6.77. The number of rotatable bonds is 2. The topological polar surface area (TPSA) is 46.2 Å². The van der Waals surface area contributed by atoms with Crippen molar-refractivity contribution >= 4 is 8.07 Å². The molecule has 0 aliphatic carbocycles. The van der Waals surface area contributed by atoms with Crippen LogP contribution in [0.1, 0.15) is 12.8 Å². The molecule has 0 spiro atoms. The molecule has 0 aromatic carbocycles. The highest BCUT2D eigenvalue weighted by atomic mass is 28.3. The molecule has 0 unspecified atom stereocenters. The van der Waals surface area contributed by atoms with E-state index in [9.17, 15) is 0 Å². The van der Waals surface area contributed by atoms with Gasteiger partial charge in [-0.1, -0.05) is 24.9 Å². The van der Waals surface area contributed by atoms with Crippen LogP contribution >= 0.6 is 0 Å². The van der Waals surface area contributed by atoms with Gasteiger partial charge in [0.2, 0.25) is 0 Å². The van der Waals surface area contributed by atoms with Gasteiger partial charge in [0.05, 0.1) is 8.07 Å². The van der Waals surface area contributed by atoms with Gasteiger partial charge in [0.1, 0.15) is 0 Å². The van der Waals surface area contributed by atoms with Crippen molar-refractivity contribution in [2.45, 2.75) is 24.9 Å². The zero-order chi connectivity index (χ0) is 6.74. The van der Waals surface area contributed by atoms with Crippen LogP contribution in [0.15, 0.2) is 0 Å². The third kappa shape index (κ3) is 1.34.